The maximum Gasteiger partial charge on any atom is 0.251 e. The first-order valence-corrected chi connectivity index (χ1v) is 7.34. The first-order chi connectivity index (χ1) is 10.1. The zero-order valence-electron chi connectivity index (χ0n) is 12.6. The monoisotopic (exact) mass is 292 g/mol. The van der Waals surface area contributed by atoms with Crippen LogP contribution in [0.2, 0.25) is 0 Å². The maximum atomic E-state index is 12.2. The SMILES string of the molecule is CCC(C)C(NC(=O)c1ccccc1)C(=O)NCCCO. The molecule has 3 N–H and O–H groups in total. The van der Waals surface area contributed by atoms with Crippen molar-refractivity contribution in [1.29, 1.82) is 0 Å². The molecular formula is C16H24N2O3. The van der Waals surface area contributed by atoms with E-state index in [4.69, 9.17) is 5.11 Å². The van der Waals surface area contributed by atoms with Gasteiger partial charge in [-0.1, -0.05) is 38.5 Å². The Hall–Kier alpha value is -1.88. The summed E-state index contributed by atoms with van der Waals surface area (Å²) in [6, 6.07) is 8.27. The van der Waals surface area contributed by atoms with E-state index >= 15 is 0 Å². The van der Waals surface area contributed by atoms with Gasteiger partial charge in [0.15, 0.2) is 0 Å². The minimum absolute atomic E-state index is 0.0324. The van der Waals surface area contributed by atoms with Crippen LogP contribution in [0.3, 0.4) is 0 Å². The normalized spacial score (nSPS) is 13.3. The third-order valence-electron chi connectivity index (χ3n) is 3.45. The van der Waals surface area contributed by atoms with Gasteiger partial charge in [-0.15, -0.1) is 0 Å². The molecule has 1 aromatic carbocycles. The Kier molecular flexibility index (Phi) is 7.46. The maximum absolute atomic E-state index is 12.2. The summed E-state index contributed by atoms with van der Waals surface area (Å²) in [6.45, 7) is 4.35. The molecule has 0 aromatic heterocycles. The van der Waals surface area contributed by atoms with Crippen LogP contribution in [0, 0.1) is 5.92 Å². The van der Waals surface area contributed by atoms with E-state index in [0.29, 0.717) is 18.5 Å². The van der Waals surface area contributed by atoms with Crippen LogP contribution in [0.5, 0.6) is 0 Å². The summed E-state index contributed by atoms with van der Waals surface area (Å²) in [5, 5.41) is 14.3. The van der Waals surface area contributed by atoms with Crippen molar-refractivity contribution in [2.75, 3.05) is 13.2 Å². The molecule has 0 saturated carbocycles. The third kappa shape index (κ3) is 5.55. The van der Waals surface area contributed by atoms with Gasteiger partial charge in [-0.05, 0) is 24.5 Å². The molecule has 1 rings (SSSR count). The van der Waals surface area contributed by atoms with Crippen molar-refractivity contribution >= 4 is 11.8 Å². The summed E-state index contributed by atoms with van der Waals surface area (Å²) in [7, 11) is 0. The summed E-state index contributed by atoms with van der Waals surface area (Å²) in [5.41, 5.74) is 0.536. The second kappa shape index (κ2) is 9.13. The fraction of sp³-hybridized carbons (Fsp3) is 0.500. The van der Waals surface area contributed by atoms with Gasteiger partial charge in [-0.3, -0.25) is 9.59 Å². The van der Waals surface area contributed by atoms with E-state index in [1.807, 2.05) is 19.9 Å². The van der Waals surface area contributed by atoms with Crippen molar-refractivity contribution in [3.8, 4) is 0 Å². The predicted octanol–water partition coefficient (Wildman–Crippen LogP) is 1.33. The first-order valence-electron chi connectivity index (χ1n) is 7.34. The quantitative estimate of drug-likeness (QED) is 0.633. The predicted molar refractivity (Wildman–Crippen MR) is 81.9 cm³/mol. The molecule has 0 spiro atoms. The lowest BCUT2D eigenvalue weighted by Gasteiger charge is -2.23. The Morgan fingerprint density at radius 3 is 2.48 bits per heavy atom. The molecule has 0 bridgehead atoms. The third-order valence-corrected chi connectivity index (χ3v) is 3.45. The number of benzene rings is 1. The standard InChI is InChI=1S/C16H24N2O3/c1-3-12(2)14(16(21)17-10-7-11-19)18-15(20)13-8-5-4-6-9-13/h4-6,8-9,12,14,19H,3,7,10-11H2,1-2H3,(H,17,21)(H,18,20). The summed E-state index contributed by atoms with van der Waals surface area (Å²) >= 11 is 0. The van der Waals surface area contributed by atoms with Gasteiger partial charge < -0.3 is 15.7 Å². The average Bonchev–Trinajstić information content (AvgIpc) is 2.52. The summed E-state index contributed by atoms with van der Waals surface area (Å²) < 4.78 is 0. The highest BCUT2D eigenvalue weighted by atomic mass is 16.3. The van der Waals surface area contributed by atoms with Crippen LogP contribution in [0.25, 0.3) is 0 Å². The lowest BCUT2D eigenvalue weighted by Crippen LogP contribution is -2.50. The number of amides is 2. The lowest BCUT2D eigenvalue weighted by molar-refractivity contribution is -0.124. The van der Waals surface area contributed by atoms with Crippen LogP contribution in [0.15, 0.2) is 30.3 Å². The lowest BCUT2D eigenvalue weighted by atomic mass is 9.98. The number of rotatable bonds is 8. The van der Waals surface area contributed by atoms with Crippen molar-refractivity contribution in [3.05, 3.63) is 35.9 Å². The van der Waals surface area contributed by atoms with Gasteiger partial charge in [0.1, 0.15) is 6.04 Å². The Morgan fingerprint density at radius 2 is 1.90 bits per heavy atom. The van der Waals surface area contributed by atoms with Crippen LogP contribution in [0.4, 0.5) is 0 Å². The molecule has 0 aliphatic heterocycles. The van der Waals surface area contributed by atoms with Crippen LogP contribution in [0.1, 0.15) is 37.0 Å². The Morgan fingerprint density at radius 1 is 1.24 bits per heavy atom. The molecule has 5 nitrogen and oxygen atoms in total. The average molecular weight is 292 g/mol. The van der Waals surface area contributed by atoms with Crippen molar-refractivity contribution in [3.63, 3.8) is 0 Å². The zero-order chi connectivity index (χ0) is 15.7. The summed E-state index contributed by atoms with van der Waals surface area (Å²) in [6.07, 6.45) is 1.29. The number of carbonyl (C=O) groups excluding carboxylic acids is 2. The van der Waals surface area contributed by atoms with Crippen LogP contribution in [-0.2, 0) is 4.79 Å². The van der Waals surface area contributed by atoms with E-state index in [-0.39, 0.29) is 24.3 Å². The molecule has 116 valence electrons. The van der Waals surface area contributed by atoms with Gasteiger partial charge in [0.05, 0.1) is 0 Å². The van der Waals surface area contributed by atoms with Gasteiger partial charge in [-0.2, -0.15) is 0 Å². The second-order valence-electron chi connectivity index (χ2n) is 5.07. The van der Waals surface area contributed by atoms with E-state index in [9.17, 15) is 9.59 Å². The number of aliphatic hydroxyl groups excluding tert-OH is 1. The fourth-order valence-electron chi connectivity index (χ4n) is 1.92. The fourth-order valence-corrected chi connectivity index (χ4v) is 1.92. The molecule has 0 fully saturated rings. The van der Waals surface area contributed by atoms with Crippen molar-refractivity contribution in [1.82, 2.24) is 10.6 Å². The van der Waals surface area contributed by atoms with Crippen LogP contribution in [-0.4, -0.2) is 36.1 Å². The Labute approximate surface area is 125 Å². The smallest absolute Gasteiger partial charge is 0.251 e. The highest BCUT2D eigenvalue weighted by Crippen LogP contribution is 2.09. The van der Waals surface area contributed by atoms with Crippen LogP contribution >= 0.6 is 0 Å². The molecule has 5 heteroatoms. The number of aliphatic hydroxyl groups is 1. The summed E-state index contributed by atoms with van der Waals surface area (Å²) in [4.78, 5) is 24.4. The van der Waals surface area contributed by atoms with Gasteiger partial charge in [0.25, 0.3) is 5.91 Å². The molecule has 0 aliphatic carbocycles. The summed E-state index contributed by atoms with van der Waals surface area (Å²) in [5.74, 6) is -0.424. The van der Waals surface area contributed by atoms with Crippen molar-refractivity contribution < 1.29 is 14.7 Å². The van der Waals surface area contributed by atoms with Crippen molar-refractivity contribution in [2.24, 2.45) is 5.92 Å². The van der Waals surface area contributed by atoms with Crippen LogP contribution < -0.4 is 10.6 Å². The van der Waals surface area contributed by atoms with E-state index in [0.717, 1.165) is 6.42 Å². The molecule has 2 unspecified atom stereocenters. The molecular weight excluding hydrogens is 268 g/mol. The van der Waals surface area contributed by atoms with Gasteiger partial charge >= 0.3 is 0 Å². The first kappa shape index (κ1) is 17.2. The van der Waals surface area contributed by atoms with E-state index in [1.54, 1.807) is 24.3 Å². The molecule has 1 aromatic rings. The highest BCUT2D eigenvalue weighted by molar-refractivity contribution is 5.97. The number of hydrogen-bond donors (Lipinski definition) is 3. The van der Waals surface area contributed by atoms with Crippen molar-refractivity contribution in [2.45, 2.75) is 32.7 Å². The van der Waals surface area contributed by atoms with Gasteiger partial charge in [-0.25, -0.2) is 0 Å². The second-order valence-corrected chi connectivity index (χ2v) is 5.07. The molecule has 2 amide bonds. The van der Waals surface area contributed by atoms with Gasteiger partial charge in [0.2, 0.25) is 5.91 Å². The molecule has 2 atom stereocenters. The Bertz CT molecular complexity index is 448. The molecule has 21 heavy (non-hydrogen) atoms. The van der Waals surface area contributed by atoms with E-state index in [2.05, 4.69) is 10.6 Å². The molecule has 0 aliphatic rings. The minimum Gasteiger partial charge on any atom is -0.396 e. The topological polar surface area (TPSA) is 78.4 Å². The van der Waals surface area contributed by atoms with E-state index in [1.165, 1.54) is 0 Å². The number of hydrogen-bond acceptors (Lipinski definition) is 3. The number of nitrogens with one attached hydrogen (secondary N) is 2. The Balaban J connectivity index is 2.70. The molecule has 0 saturated heterocycles. The molecule has 0 radical (unpaired) electrons. The zero-order valence-corrected chi connectivity index (χ0v) is 12.6. The number of carbonyl (C=O) groups is 2. The van der Waals surface area contributed by atoms with E-state index < -0.39 is 6.04 Å². The minimum atomic E-state index is -0.568. The highest BCUT2D eigenvalue weighted by Gasteiger charge is 2.25. The van der Waals surface area contributed by atoms with Gasteiger partial charge in [0, 0.05) is 18.7 Å². The molecule has 0 heterocycles. The largest absolute Gasteiger partial charge is 0.396 e.